The summed E-state index contributed by atoms with van der Waals surface area (Å²) in [5.41, 5.74) is 1.21. The van der Waals surface area contributed by atoms with Crippen LogP contribution >= 0.6 is 15.9 Å². The number of hydrogen-bond acceptors (Lipinski definition) is 4. The second-order valence-corrected chi connectivity index (χ2v) is 4.85. The predicted molar refractivity (Wildman–Crippen MR) is 76.8 cm³/mol. The summed E-state index contributed by atoms with van der Waals surface area (Å²) < 4.78 is 5.87. The molecule has 0 bridgehead atoms. The van der Waals surface area contributed by atoms with E-state index in [9.17, 15) is 10.1 Å². The number of halogens is 1. The van der Waals surface area contributed by atoms with Gasteiger partial charge in [-0.25, -0.2) is 0 Å². The average molecular weight is 333 g/mol. The first-order chi connectivity index (χ1) is 9.52. The van der Waals surface area contributed by atoms with Crippen LogP contribution in [0.15, 0.2) is 40.9 Å². The zero-order valence-corrected chi connectivity index (χ0v) is 12.0. The third-order valence-electron chi connectivity index (χ3n) is 2.62. The summed E-state index contributed by atoms with van der Waals surface area (Å²) >= 11 is 3.15. The van der Waals surface area contributed by atoms with E-state index in [1.54, 1.807) is 24.3 Å². The Bertz CT molecular complexity index is 723. The van der Waals surface area contributed by atoms with Crippen LogP contribution in [0.5, 0.6) is 11.5 Å². The largest absolute Gasteiger partial charge is 0.455 e. The minimum absolute atomic E-state index is 0.0892. The van der Waals surface area contributed by atoms with Gasteiger partial charge in [-0.1, -0.05) is 12.1 Å². The normalized spacial score (nSPS) is 9.85. The molecule has 5 nitrogen and oxygen atoms in total. The van der Waals surface area contributed by atoms with Crippen LogP contribution in [0.2, 0.25) is 0 Å². The van der Waals surface area contributed by atoms with Gasteiger partial charge >= 0.3 is 0 Å². The van der Waals surface area contributed by atoms with Gasteiger partial charge < -0.3 is 4.74 Å². The van der Waals surface area contributed by atoms with Crippen molar-refractivity contribution in [3.05, 3.63) is 62.1 Å². The SMILES string of the molecule is Cc1ccc(C#N)c(Oc2cccc([N+](=O)[O-])c2Br)c1. The van der Waals surface area contributed by atoms with Crippen LogP contribution in [-0.2, 0) is 0 Å². The first kappa shape index (κ1) is 14.0. The molecule has 2 rings (SSSR count). The molecule has 0 aromatic heterocycles. The third kappa shape index (κ3) is 2.78. The second-order valence-electron chi connectivity index (χ2n) is 4.06. The number of hydrogen-bond donors (Lipinski definition) is 0. The van der Waals surface area contributed by atoms with Gasteiger partial charge in [0.1, 0.15) is 22.0 Å². The van der Waals surface area contributed by atoms with Crippen molar-refractivity contribution in [2.45, 2.75) is 6.92 Å². The number of aryl methyl sites for hydroxylation is 1. The van der Waals surface area contributed by atoms with Crippen LogP contribution in [-0.4, -0.2) is 4.92 Å². The monoisotopic (exact) mass is 332 g/mol. The van der Waals surface area contributed by atoms with E-state index in [0.29, 0.717) is 17.1 Å². The lowest BCUT2D eigenvalue weighted by atomic mass is 10.1. The van der Waals surface area contributed by atoms with Crippen LogP contribution in [0.1, 0.15) is 11.1 Å². The molecule has 0 aliphatic rings. The maximum absolute atomic E-state index is 10.9. The molecule has 0 amide bonds. The molecule has 2 aromatic rings. The van der Waals surface area contributed by atoms with Gasteiger partial charge in [0.25, 0.3) is 5.69 Å². The molecule has 0 radical (unpaired) electrons. The summed E-state index contributed by atoms with van der Waals surface area (Å²) in [7, 11) is 0. The van der Waals surface area contributed by atoms with Gasteiger partial charge in [-0.3, -0.25) is 10.1 Å². The van der Waals surface area contributed by atoms with Crippen molar-refractivity contribution in [1.82, 2.24) is 0 Å². The quantitative estimate of drug-likeness (QED) is 0.619. The summed E-state index contributed by atoms with van der Waals surface area (Å²) in [6.07, 6.45) is 0. The summed E-state index contributed by atoms with van der Waals surface area (Å²) in [4.78, 5) is 10.4. The zero-order chi connectivity index (χ0) is 14.7. The molecule has 0 saturated carbocycles. The van der Waals surface area contributed by atoms with Crippen molar-refractivity contribution in [1.29, 1.82) is 5.26 Å². The maximum atomic E-state index is 10.9. The van der Waals surface area contributed by atoms with Crippen molar-refractivity contribution < 1.29 is 9.66 Å². The minimum Gasteiger partial charge on any atom is -0.455 e. The zero-order valence-electron chi connectivity index (χ0n) is 10.5. The topological polar surface area (TPSA) is 76.2 Å². The molecule has 6 heteroatoms. The summed E-state index contributed by atoms with van der Waals surface area (Å²) in [5, 5.41) is 19.9. The number of nitrogens with zero attached hydrogens (tertiary/aromatic N) is 2. The molecular weight excluding hydrogens is 324 g/mol. The van der Waals surface area contributed by atoms with E-state index in [2.05, 4.69) is 15.9 Å². The molecule has 0 heterocycles. The molecule has 100 valence electrons. The number of benzene rings is 2. The van der Waals surface area contributed by atoms with Gasteiger partial charge in [0.15, 0.2) is 0 Å². The standard InChI is InChI=1S/C14H9BrN2O3/c1-9-5-6-10(8-16)13(7-9)20-12-4-2-3-11(14(12)15)17(18)19/h2-7H,1H3. The molecule has 0 aliphatic heterocycles. The van der Waals surface area contributed by atoms with Crippen molar-refractivity contribution >= 4 is 21.6 Å². The lowest BCUT2D eigenvalue weighted by Crippen LogP contribution is -1.94. The smallest absolute Gasteiger partial charge is 0.287 e. The Hall–Kier alpha value is -2.39. The Labute approximate surface area is 123 Å². The molecule has 20 heavy (non-hydrogen) atoms. The van der Waals surface area contributed by atoms with E-state index in [1.807, 2.05) is 13.0 Å². The highest BCUT2D eigenvalue weighted by Crippen LogP contribution is 2.37. The van der Waals surface area contributed by atoms with Crippen LogP contribution in [0.25, 0.3) is 0 Å². The Morgan fingerprint density at radius 1 is 1.30 bits per heavy atom. The highest BCUT2D eigenvalue weighted by atomic mass is 79.9. The van der Waals surface area contributed by atoms with Crippen molar-refractivity contribution in [3.8, 4) is 17.6 Å². The molecule has 0 spiro atoms. The van der Waals surface area contributed by atoms with E-state index < -0.39 is 4.92 Å². The van der Waals surface area contributed by atoms with Crippen LogP contribution < -0.4 is 4.74 Å². The van der Waals surface area contributed by atoms with Gasteiger partial charge in [-0.05, 0) is 46.6 Å². The van der Waals surface area contributed by atoms with Gasteiger partial charge in [0.2, 0.25) is 0 Å². The molecule has 0 atom stereocenters. The Kier molecular flexibility index (Phi) is 4.01. The fourth-order valence-corrected chi connectivity index (χ4v) is 2.13. The van der Waals surface area contributed by atoms with Crippen LogP contribution in [0, 0.1) is 28.4 Å². The number of ether oxygens (including phenoxy) is 1. The maximum Gasteiger partial charge on any atom is 0.287 e. The number of nitriles is 1. The fraction of sp³-hybridized carbons (Fsp3) is 0.0714. The predicted octanol–water partition coefficient (Wildman–Crippen LogP) is 4.33. The summed E-state index contributed by atoms with van der Waals surface area (Å²) in [6.45, 7) is 1.87. The highest BCUT2D eigenvalue weighted by Gasteiger charge is 2.17. The molecule has 0 N–H and O–H groups in total. The number of nitro benzene ring substituents is 1. The lowest BCUT2D eigenvalue weighted by molar-refractivity contribution is -0.385. The van der Waals surface area contributed by atoms with E-state index in [1.165, 1.54) is 12.1 Å². The third-order valence-corrected chi connectivity index (χ3v) is 3.41. The Balaban J connectivity index is 2.46. The minimum atomic E-state index is -0.502. The molecule has 0 saturated heterocycles. The lowest BCUT2D eigenvalue weighted by Gasteiger charge is -2.09. The number of rotatable bonds is 3. The van der Waals surface area contributed by atoms with Gasteiger partial charge in [-0.2, -0.15) is 5.26 Å². The molecule has 0 aliphatic carbocycles. The van der Waals surface area contributed by atoms with Gasteiger partial charge in [0.05, 0.1) is 10.5 Å². The Morgan fingerprint density at radius 3 is 2.70 bits per heavy atom. The van der Waals surface area contributed by atoms with E-state index in [0.717, 1.165) is 5.56 Å². The van der Waals surface area contributed by atoms with Crippen molar-refractivity contribution in [3.63, 3.8) is 0 Å². The van der Waals surface area contributed by atoms with E-state index in [-0.39, 0.29) is 10.2 Å². The fourth-order valence-electron chi connectivity index (χ4n) is 1.64. The summed E-state index contributed by atoms with van der Waals surface area (Å²) in [6, 6.07) is 11.7. The van der Waals surface area contributed by atoms with Crippen LogP contribution in [0.4, 0.5) is 5.69 Å². The highest BCUT2D eigenvalue weighted by molar-refractivity contribution is 9.10. The van der Waals surface area contributed by atoms with Crippen LogP contribution in [0.3, 0.4) is 0 Å². The number of nitro groups is 1. The van der Waals surface area contributed by atoms with Crippen molar-refractivity contribution in [2.24, 2.45) is 0 Å². The molecular formula is C14H9BrN2O3. The first-order valence-electron chi connectivity index (χ1n) is 5.64. The molecule has 2 aromatic carbocycles. The molecule has 0 fully saturated rings. The average Bonchev–Trinajstić information content (AvgIpc) is 2.41. The first-order valence-corrected chi connectivity index (χ1v) is 6.43. The second kappa shape index (κ2) is 5.72. The van der Waals surface area contributed by atoms with Gasteiger partial charge in [-0.15, -0.1) is 0 Å². The van der Waals surface area contributed by atoms with Crippen molar-refractivity contribution in [2.75, 3.05) is 0 Å². The van der Waals surface area contributed by atoms with E-state index >= 15 is 0 Å². The summed E-state index contributed by atoms with van der Waals surface area (Å²) in [5.74, 6) is 0.662. The molecule has 0 unspecified atom stereocenters. The Morgan fingerprint density at radius 2 is 2.05 bits per heavy atom. The van der Waals surface area contributed by atoms with E-state index in [4.69, 9.17) is 10.00 Å². The van der Waals surface area contributed by atoms with Gasteiger partial charge in [0, 0.05) is 6.07 Å².